The Kier molecular flexibility index (Phi) is 17.3. The molecule has 2 aliphatic carbocycles. The summed E-state index contributed by atoms with van der Waals surface area (Å²) in [5.74, 6) is 0.295. The average molecular weight is 1240 g/mol. The maximum absolute atomic E-state index is 13.6. The lowest BCUT2D eigenvalue weighted by Crippen LogP contribution is -2.49. The van der Waals surface area contributed by atoms with Crippen molar-refractivity contribution in [3.8, 4) is 22.9 Å². The Morgan fingerprint density at radius 1 is 0.623 bits per heavy atom. The second-order valence-electron chi connectivity index (χ2n) is 20.7. The fourth-order valence-corrected chi connectivity index (χ4v) is 12.7. The normalized spacial score (nSPS) is 17.7. The minimum atomic E-state index is -3.55. The van der Waals surface area contributed by atoms with Crippen LogP contribution in [0.25, 0.3) is 11.4 Å². The molecule has 0 spiro atoms. The van der Waals surface area contributed by atoms with Crippen LogP contribution in [0.5, 0.6) is 11.5 Å². The molecule has 4 aliphatic rings. The molecule has 1 atom stereocenters. The van der Waals surface area contributed by atoms with Gasteiger partial charge in [-0.15, -0.1) is 0 Å². The Bertz CT molecular complexity index is 3420. The summed E-state index contributed by atoms with van der Waals surface area (Å²) in [5, 5.41) is 22.1. The fourth-order valence-electron chi connectivity index (χ4n) is 8.91. The second-order valence-corrected chi connectivity index (χ2v) is 26.8. The molecule has 2 N–H and O–H groups in total. The van der Waals surface area contributed by atoms with Crippen molar-refractivity contribution in [3.05, 3.63) is 155 Å². The SMILES string of the molecule is CC(O)Nc1ccc(CS(=O)(=O)N2CCN(c3cnn(-c4cccc(Cl)c4)c(=O)c3OCC3(C)CC3)CC2)cc1.CC1(COc2c(N3CCN(S(=O)(=O)Cc4ccc(I)cc4)CC3)cnn(-c3cccc(Cl)c3)c2=O)CC1. The zero-order valence-corrected chi connectivity index (χ0v) is 48.3. The van der Waals surface area contributed by atoms with Crippen LogP contribution in [-0.2, 0) is 31.6 Å². The molecule has 2 saturated heterocycles. The molecule has 18 nitrogen and oxygen atoms in total. The van der Waals surface area contributed by atoms with E-state index in [1.165, 1.54) is 18.0 Å². The van der Waals surface area contributed by atoms with E-state index in [-0.39, 0.29) is 58.0 Å². The summed E-state index contributed by atoms with van der Waals surface area (Å²) in [6.45, 7) is 9.60. The molecule has 10 rings (SSSR count). The van der Waals surface area contributed by atoms with Crippen LogP contribution in [0.3, 0.4) is 0 Å². The molecule has 2 aromatic heterocycles. The van der Waals surface area contributed by atoms with E-state index >= 15 is 0 Å². The van der Waals surface area contributed by atoms with E-state index in [9.17, 15) is 31.5 Å². The van der Waals surface area contributed by atoms with Crippen LogP contribution in [0.1, 0.15) is 57.6 Å². The standard InChI is InChI=1S/C28H34ClN5O5S.C26H28ClIN4O4S/c1-20(35)31-23-8-6-21(7-9-23)18-40(37,38)33-14-12-32(13-15-33)25-17-30-34(24-5-3-4-22(29)16-24)27(36)26(25)39-19-28(2)10-11-28;1-26(9-10-26)18-36-24-23(16-29-32(25(24)33)22-4-2-3-20(27)15-22)30-11-13-31(14-12-30)37(34,35)17-19-5-7-21(28)8-6-19/h3-9,16-17,20,31,35H,10-15,18-19H2,1-2H3;2-8,15-16H,9-14,17-18H2,1H3. The molecule has 77 heavy (non-hydrogen) atoms. The summed E-state index contributed by atoms with van der Waals surface area (Å²) < 4.78 is 71.4. The Morgan fingerprint density at radius 3 is 1.38 bits per heavy atom. The fraction of sp³-hybridized carbons (Fsp3) is 0.407. The number of hydrogen-bond donors (Lipinski definition) is 2. The van der Waals surface area contributed by atoms with Gasteiger partial charge in [0.15, 0.2) is 0 Å². The summed E-state index contributed by atoms with van der Waals surface area (Å²) in [7, 11) is -7.01. The lowest BCUT2D eigenvalue weighted by molar-refractivity contribution is 0.224. The third-order valence-electron chi connectivity index (χ3n) is 14.2. The van der Waals surface area contributed by atoms with Gasteiger partial charge in [-0.1, -0.05) is 73.4 Å². The van der Waals surface area contributed by atoms with Gasteiger partial charge in [-0.05, 0) is 127 Å². The molecule has 6 aromatic rings. The van der Waals surface area contributed by atoms with E-state index in [2.05, 4.69) is 52.0 Å². The highest BCUT2D eigenvalue weighted by atomic mass is 127. The van der Waals surface area contributed by atoms with Crippen molar-refractivity contribution < 1.29 is 31.4 Å². The summed E-state index contributed by atoms with van der Waals surface area (Å²) in [4.78, 5) is 31.0. The molecule has 410 valence electrons. The topological polar surface area (TPSA) is 202 Å². The van der Waals surface area contributed by atoms with E-state index in [0.29, 0.717) is 96.5 Å². The highest BCUT2D eigenvalue weighted by molar-refractivity contribution is 14.1. The van der Waals surface area contributed by atoms with Crippen LogP contribution in [0.4, 0.5) is 17.1 Å². The van der Waals surface area contributed by atoms with E-state index in [1.807, 2.05) is 34.1 Å². The third kappa shape index (κ3) is 14.3. The predicted octanol–water partition coefficient (Wildman–Crippen LogP) is 7.79. The molecule has 4 aromatic carbocycles. The van der Waals surface area contributed by atoms with Crippen molar-refractivity contribution in [1.82, 2.24) is 28.2 Å². The number of aliphatic hydroxyl groups excluding tert-OH is 1. The first-order valence-corrected chi connectivity index (χ1v) is 30.5. The number of nitrogens with zero attached hydrogens (tertiary/aromatic N) is 8. The molecule has 2 aliphatic heterocycles. The lowest BCUT2D eigenvalue weighted by atomic mass is 10.2. The molecule has 23 heteroatoms. The average Bonchev–Trinajstić information content (AvgIpc) is 4.34. The van der Waals surface area contributed by atoms with Crippen LogP contribution in [0, 0.1) is 14.4 Å². The van der Waals surface area contributed by atoms with Crippen LogP contribution in [0.2, 0.25) is 10.0 Å². The zero-order valence-electron chi connectivity index (χ0n) is 43.0. The monoisotopic (exact) mass is 1240 g/mol. The minimum absolute atomic E-state index is 0.0336. The maximum atomic E-state index is 13.6. The number of piperazine rings is 2. The number of hydrogen-bond acceptors (Lipinski definition) is 14. The van der Waals surface area contributed by atoms with E-state index < -0.39 is 26.3 Å². The molecule has 4 heterocycles. The smallest absolute Gasteiger partial charge is 0.316 e. The maximum Gasteiger partial charge on any atom is 0.316 e. The van der Waals surface area contributed by atoms with Crippen molar-refractivity contribution in [2.75, 3.05) is 80.7 Å². The van der Waals surface area contributed by atoms with E-state index in [0.717, 1.165) is 34.8 Å². The summed E-state index contributed by atoms with van der Waals surface area (Å²) in [6.07, 6.45) is 6.76. The first-order chi connectivity index (χ1) is 36.7. The van der Waals surface area contributed by atoms with E-state index in [4.69, 9.17) is 32.7 Å². The van der Waals surface area contributed by atoms with Gasteiger partial charge in [0.2, 0.25) is 31.5 Å². The molecular formula is C54H62Cl2IN9O9S2. The molecule has 0 radical (unpaired) electrons. The van der Waals surface area contributed by atoms with Crippen LogP contribution in [-0.4, -0.2) is 122 Å². The van der Waals surface area contributed by atoms with Gasteiger partial charge >= 0.3 is 11.1 Å². The van der Waals surface area contributed by atoms with Crippen molar-refractivity contribution in [2.24, 2.45) is 10.8 Å². The van der Waals surface area contributed by atoms with Gasteiger partial charge in [-0.2, -0.15) is 28.2 Å². The third-order valence-corrected chi connectivity index (χ3v) is 19.0. The van der Waals surface area contributed by atoms with Crippen molar-refractivity contribution in [1.29, 1.82) is 0 Å². The number of aliphatic hydroxyl groups is 1. The Balaban J connectivity index is 0.000000188. The molecule has 2 saturated carbocycles. The lowest BCUT2D eigenvalue weighted by Gasteiger charge is -2.35. The number of sulfonamides is 2. The first kappa shape index (κ1) is 56.5. The van der Waals surface area contributed by atoms with Gasteiger partial charge < -0.3 is 29.7 Å². The molecular weight excluding hydrogens is 1180 g/mol. The molecule has 0 bridgehead atoms. The largest absolute Gasteiger partial charge is 0.486 e. The van der Waals surface area contributed by atoms with Crippen molar-refractivity contribution >= 4 is 82.9 Å². The predicted molar refractivity (Wildman–Crippen MR) is 309 cm³/mol. The highest BCUT2D eigenvalue weighted by Crippen LogP contribution is 2.46. The highest BCUT2D eigenvalue weighted by Gasteiger charge is 2.40. The van der Waals surface area contributed by atoms with Crippen LogP contribution in [0.15, 0.2) is 119 Å². The first-order valence-electron chi connectivity index (χ1n) is 25.4. The summed E-state index contributed by atoms with van der Waals surface area (Å²) in [6, 6.07) is 28.3. The van der Waals surface area contributed by atoms with Gasteiger partial charge in [0.25, 0.3) is 0 Å². The molecule has 1 unspecified atom stereocenters. The van der Waals surface area contributed by atoms with Gasteiger partial charge in [0.05, 0.1) is 48.5 Å². The Morgan fingerprint density at radius 2 is 1.01 bits per heavy atom. The summed E-state index contributed by atoms with van der Waals surface area (Å²) >= 11 is 14.5. The quantitative estimate of drug-likeness (QED) is 0.0624. The number of benzene rings is 4. The number of rotatable bonds is 18. The van der Waals surface area contributed by atoms with Gasteiger partial charge in [0.1, 0.15) is 17.6 Å². The van der Waals surface area contributed by atoms with Crippen LogP contribution >= 0.6 is 45.8 Å². The summed E-state index contributed by atoms with van der Waals surface area (Å²) in [5.41, 5.74) is 3.77. The van der Waals surface area contributed by atoms with Crippen molar-refractivity contribution in [3.63, 3.8) is 0 Å². The number of ether oxygens (including phenoxy) is 2. The van der Waals surface area contributed by atoms with Gasteiger partial charge in [-0.3, -0.25) is 9.59 Å². The van der Waals surface area contributed by atoms with E-state index in [1.54, 1.807) is 92.1 Å². The number of anilines is 3. The Labute approximate surface area is 472 Å². The zero-order chi connectivity index (χ0) is 54.7. The number of halogens is 3. The van der Waals surface area contributed by atoms with Crippen LogP contribution < -0.4 is 35.7 Å². The minimum Gasteiger partial charge on any atom is -0.486 e. The molecule has 0 amide bonds. The van der Waals surface area contributed by atoms with Gasteiger partial charge in [-0.25, -0.2) is 16.8 Å². The number of aromatic nitrogens is 4. The second kappa shape index (κ2) is 23.6. The Hall–Kier alpha value is -5.27. The molecule has 4 fully saturated rings. The van der Waals surface area contributed by atoms with Crippen molar-refractivity contribution in [2.45, 2.75) is 64.2 Å². The number of nitrogens with one attached hydrogen (secondary N) is 1. The van der Waals surface area contributed by atoms with Gasteiger partial charge in [0, 0.05) is 82.5 Å².